The van der Waals surface area contributed by atoms with Crippen LogP contribution in [-0.2, 0) is 6.42 Å². The number of nitrogens with one attached hydrogen (secondary N) is 1. The van der Waals surface area contributed by atoms with Crippen molar-refractivity contribution in [2.24, 2.45) is 0 Å². The van der Waals surface area contributed by atoms with Gasteiger partial charge in [-0.3, -0.25) is 9.36 Å². The fourth-order valence-corrected chi connectivity index (χ4v) is 1.27. The van der Waals surface area contributed by atoms with Crippen LogP contribution in [0.15, 0.2) is 17.3 Å². The molecule has 0 fully saturated rings. The van der Waals surface area contributed by atoms with Gasteiger partial charge in [-0.15, -0.1) is 0 Å². The lowest BCUT2D eigenvalue weighted by molar-refractivity contribution is 0.560. The number of hydrogen-bond acceptors (Lipinski definition) is 3. The average molecular weight is 195 g/mol. The van der Waals surface area contributed by atoms with E-state index >= 15 is 0 Å². The summed E-state index contributed by atoms with van der Waals surface area (Å²) in [6, 6.07) is 0.171. The summed E-state index contributed by atoms with van der Waals surface area (Å²) in [5, 5.41) is 3.02. The molecule has 4 heteroatoms. The van der Waals surface area contributed by atoms with Crippen LogP contribution in [0.3, 0.4) is 0 Å². The van der Waals surface area contributed by atoms with E-state index < -0.39 is 0 Å². The third-order valence-electron chi connectivity index (χ3n) is 2.13. The predicted octanol–water partition coefficient (Wildman–Crippen LogP) is 0.586. The summed E-state index contributed by atoms with van der Waals surface area (Å²) in [4.78, 5) is 15.9. The van der Waals surface area contributed by atoms with E-state index in [1.54, 1.807) is 17.1 Å². The quantitative estimate of drug-likeness (QED) is 0.764. The summed E-state index contributed by atoms with van der Waals surface area (Å²) in [6.45, 7) is 4.76. The fraction of sp³-hybridized carbons (Fsp3) is 0.600. The Labute approximate surface area is 84.0 Å². The molecule has 4 nitrogen and oxygen atoms in total. The van der Waals surface area contributed by atoms with E-state index in [1.165, 1.54) is 0 Å². The van der Waals surface area contributed by atoms with Gasteiger partial charge in [-0.1, -0.05) is 0 Å². The molecule has 1 rings (SSSR count). The van der Waals surface area contributed by atoms with Gasteiger partial charge in [0.2, 0.25) is 0 Å². The molecule has 78 valence electrons. The van der Waals surface area contributed by atoms with E-state index in [0.717, 1.165) is 18.5 Å². The van der Waals surface area contributed by atoms with Gasteiger partial charge in [0.05, 0.1) is 6.33 Å². The minimum atomic E-state index is 0.0743. The lowest BCUT2D eigenvalue weighted by Gasteiger charge is -2.10. The molecule has 0 bridgehead atoms. The highest BCUT2D eigenvalue weighted by Crippen LogP contribution is 1.99. The number of likely N-dealkylation sites (N-methyl/N-ethyl adjacent to an activating group) is 1. The summed E-state index contributed by atoms with van der Waals surface area (Å²) >= 11 is 0. The lowest BCUT2D eigenvalue weighted by Crippen LogP contribution is -2.27. The maximum absolute atomic E-state index is 11.8. The number of hydrogen-bond donors (Lipinski definition) is 1. The van der Waals surface area contributed by atoms with Crippen LogP contribution < -0.4 is 10.9 Å². The molecule has 0 amide bonds. The zero-order chi connectivity index (χ0) is 10.6. The van der Waals surface area contributed by atoms with Crippen molar-refractivity contribution < 1.29 is 0 Å². The van der Waals surface area contributed by atoms with E-state index in [-0.39, 0.29) is 11.6 Å². The molecule has 0 saturated carbocycles. The van der Waals surface area contributed by atoms with Gasteiger partial charge in [0.15, 0.2) is 0 Å². The van der Waals surface area contributed by atoms with E-state index in [1.807, 2.05) is 20.9 Å². The molecule has 0 aliphatic rings. The zero-order valence-corrected chi connectivity index (χ0v) is 8.95. The minimum Gasteiger partial charge on any atom is -0.319 e. The summed E-state index contributed by atoms with van der Waals surface area (Å²) in [6.07, 6.45) is 3.98. The molecule has 1 heterocycles. The largest absolute Gasteiger partial charge is 0.319 e. The highest BCUT2D eigenvalue weighted by atomic mass is 16.1. The van der Waals surface area contributed by atoms with Crippen LogP contribution in [0.4, 0.5) is 0 Å². The molecule has 1 N–H and O–H groups in total. The van der Waals surface area contributed by atoms with Crippen molar-refractivity contribution in [3.8, 4) is 0 Å². The third-order valence-corrected chi connectivity index (χ3v) is 2.13. The van der Waals surface area contributed by atoms with Crippen LogP contribution >= 0.6 is 0 Å². The van der Waals surface area contributed by atoms with Crippen molar-refractivity contribution in [1.29, 1.82) is 0 Å². The first-order chi connectivity index (χ1) is 6.66. The second-order valence-electron chi connectivity index (χ2n) is 3.58. The molecule has 1 aromatic rings. The van der Waals surface area contributed by atoms with Crippen LogP contribution in [-0.4, -0.2) is 23.1 Å². The Morgan fingerprint density at radius 1 is 1.57 bits per heavy atom. The van der Waals surface area contributed by atoms with Crippen molar-refractivity contribution in [2.45, 2.75) is 26.3 Å². The standard InChI is InChI=1S/C10H17N3O/c1-8(2)13-7-12-6-9(10(13)14)4-5-11-3/h6-8,11H,4-5H2,1-3H3. The number of aromatic nitrogens is 2. The van der Waals surface area contributed by atoms with Crippen molar-refractivity contribution >= 4 is 0 Å². The maximum atomic E-state index is 11.8. The number of nitrogens with zero attached hydrogens (tertiary/aromatic N) is 2. The molecule has 0 spiro atoms. The Bertz CT molecular complexity index is 343. The minimum absolute atomic E-state index is 0.0743. The average Bonchev–Trinajstić information content (AvgIpc) is 2.16. The Balaban J connectivity index is 2.96. The Morgan fingerprint density at radius 2 is 2.29 bits per heavy atom. The number of rotatable bonds is 4. The SMILES string of the molecule is CNCCc1cncn(C(C)C)c1=O. The van der Waals surface area contributed by atoms with Crippen LogP contribution in [0.1, 0.15) is 25.5 Å². The van der Waals surface area contributed by atoms with Gasteiger partial charge in [0.1, 0.15) is 0 Å². The normalized spacial score (nSPS) is 10.9. The van der Waals surface area contributed by atoms with Gasteiger partial charge in [-0.05, 0) is 33.9 Å². The predicted molar refractivity (Wildman–Crippen MR) is 56.5 cm³/mol. The Hall–Kier alpha value is -1.16. The summed E-state index contributed by atoms with van der Waals surface area (Å²) in [5.74, 6) is 0. The molecule has 0 saturated heterocycles. The smallest absolute Gasteiger partial charge is 0.256 e. The van der Waals surface area contributed by atoms with Gasteiger partial charge in [0, 0.05) is 17.8 Å². The fourth-order valence-electron chi connectivity index (χ4n) is 1.27. The highest BCUT2D eigenvalue weighted by Gasteiger charge is 2.05. The van der Waals surface area contributed by atoms with Gasteiger partial charge >= 0.3 is 0 Å². The van der Waals surface area contributed by atoms with Crippen molar-refractivity contribution in [3.63, 3.8) is 0 Å². The van der Waals surface area contributed by atoms with Crippen molar-refractivity contribution in [1.82, 2.24) is 14.9 Å². The Morgan fingerprint density at radius 3 is 2.86 bits per heavy atom. The first kappa shape index (κ1) is 10.9. The first-order valence-corrected chi connectivity index (χ1v) is 4.86. The topological polar surface area (TPSA) is 46.9 Å². The molecular weight excluding hydrogens is 178 g/mol. The van der Waals surface area contributed by atoms with Crippen molar-refractivity contribution in [2.75, 3.05) is 13.6 Å². The first-order valence-electron chi connectivity index (χ1n) is 4.86. The van der Waals surface area contributed by atoms with Gasteiger partial charge in [-0.25, -0.2) is 4.98 Å². The molecule has 0 unspecified atom stereocenters. The molecular formula is C10H17N3O. The summed E-state index contributed by atoms with van der Waals surface area (Å²) in [7, 11) is 1.87. The Kier molecular flexibility index (Phi) is 3.83. The molecule has 1 aromatic heterocycles. The summed E-state index contributed by atoms with van der Waals surface area (Å²) < 4.78 is 1.66. The van der Waals surface area contributed by atoms with Crippen LogP contribution in [0.2, 0.25) is 0 Å². The van der Waals surface area contributed by atoms with Crippen LogP contribution in [0.25, 0.3) is 0 Å². The van der Waals surface area contributed by atoms with Gasteiger partial charge in [-0.2, -0.15) is 0 Å². The monoisotopic (exact) mass is 195 g/mol. The lowest BCUT2D eigenvalue weighted by atomic mass is 10.2. The van der Waals surface area contributed by atoms with E-state index in [2.05, 4.69) is 10.3 Å². The second-order valence-corrected chi connectivity index (χ2v) is 3.58. The van der Waals surface area contributed by atoms with Gasteiger partial charge in [0.25, 0.3) is 5.56 Å². The van der Waals surface area contributed by atoms with E-state index in [0.29, 0.717) is 0 Å². The molecule has 0 atom stereocenters. The third kappa shape index (κ3) is 2.42. The molecule has 0 aliphatic heterocycles. The zero-order valence-electron chi connectivity index (χ0n) is 8.95. The molecule has 0 aliphatic carbocycles. The maximum Gasteiger partial charge on any atom is 0.256 e. The summed E-state index contributed by atoms with van der Waals surface area (Å²) in [5.41, 5.74) is 0.848. The highest BCUT2D eigenvalue weighted by molar-refractivity contribution is 5.05. The molecule has 14 heavy (non-hydrogen) atoms. The van der Waals surface area contributed by atoms with Crippen LogP contribution in [0.5, 0.6) is 0 Å². The van der Waals surface area contributed by atoms with Gasteiger partial charge < -0.3 is 5.32 Å². The molecule has 0 aromatic carbocycles. The van der Waals surface area contributed by atoms with Crippen molar-refractivity contribution in [3.05, 3.63) is 28.4 Å². The molecule has 0 radical (unpaired) electrons. The van der Waals surface area contributed by atoms with Crippen LogP contribution in [0, 0.1) is 0 Å². The van der Waals surface area contributed by atoms with E-state index in [9.17, 15) is 4.79 Å². The van der Waals surface area contributed by atoms with E-state index in [4.69, 9.17) is 0 Å². The second kappa shape index (κ2) is 4.91.